The van der Waals surface area contributed by atoms with E-state index in [4.69, 9.17) is 9.47 Å². The average Bonchev–Trinajstić information content (AvgIpc) is 2.62. The predicted molar refractivity (Wildman–Crippen MR) is 106 cm³/mol. The van der Waals surface area contributed by atoms with Gasteiger partial charge in [-0.15, -0.1) is 0 Å². The second-order valence-electron chi connectivity index (χ2n) is 5.72. The molecule has 0 saturated heterocycles. The van der Waals surface area contributed by atoms with Crippen molar-refractivity contribution in [3.63, 3.8) is 0 Å². The molecule has 1 amide bonds. The van der Waals surface area contributed by atoms with Crippen LogP contribution in [0.5, 0.6) is 5.75 Å². The van der Waals surface area contributed by atoms with Crippen molar-refractivity contribution in [3.05, 3.63) is 62.0 Å². The van der Waals surface area contributed by atoms with E-state index in [0.29, 0.717) is 11.3 Å². The molecular weight excluding hydrogens is 466 g/mol. The Morgan fingerprint density at radius 2 is 1.88 bits per heavy atom. The molecule has 0 spiro atoms. The number of hydrogen-bond acceptors (Lipinski definition) is 4. The standard InChI is InChI=1S/C19H15Br2NO4/c1-11-6-14(20)18(15(21)7-11)22-17(23)10-26-19(24)13-8-12-4-2-3-5-16(12)25-9-13/h2-8H,9-10H2,1H3,(H,22,23). The third-order valence-electron chi connectivity index (χ3n) is 3.68. The van der Waals surface area contributed by atoms with Crippen molar-refractivity contribution in [1.82, 2.24) is 0 Å². The van der Waals surface area contributed by atoms with Crippen molar-refractivity contribution < 1.29 is 19.1 Å². The van der Waals surface area contributed by atoms with E-state index >= 15 is 0 Å². The summed E-state index contributed by atoms with van der Waals surface area (Å²) in [6.45, 7) is 1.68. The van der Waals surface area contributed by atoms with Gasteiger partial charge in [-0.1, -0.05) is 18.2 Å². The molecule has 0 unspecified atom stereocenters. The zero-order valence-corrected chi connectivity index (χ0v) is 17.0. The maximum atomic E-state index is 12.2. The van der Waals surface area contributed by atoms with Gasteiger partial charge in [-0.3, -0.25) is 4.79 Å². The van der Waals surface area contributed by atoms with Crippen molar-refractivity contribution in [2.75, 3.05) is 18.5 Å². The van der Waals surface area contributed by atoms with Crippen molar-refractivity contribution in [2.24, 2.45) is 0 Å². The number of hydrogen-bond donors (Lipinski definition) is 1. The number of ether oxygens (including phenoxy) is 2. The van der Waals surface area contributed by atoms with E-state index in [2.05, 4.69) is 37.2 Å². The van der Waals surface area contributed by atoms with Gasteiger partial charge in [0.2, 0.25) is 0 Å². The molecule has 26 heavy (non-hydrogen) atoms. The number of nitrogens with one attached hydrogen (secondary N) is 1. The number of carbonyl (C=O) groups is 2. The average molecular weight is 481 g/mol. The number of halogens is 2. The van der Waals surface area contributed by atoms with E-state index in [9.17, 15) is 9.59 Å². The SMILES string of the molecule is Cc1cc(Br)c(NC(=O)COC(=O)C2=Cc3ccccc3OC2)c(Br)c1. The smallest absolute Gasteiger partial charge is 0.338 e. The van der Waals surface area contributed by atoms with E-state index in [1.807, 2.05) is 43.3 Å². The summed E-state index contributed by atoms with van der Waals surface area (Å²) in [6.07, 6.45) is 1.71. The lowest BCUT2D eigenvalue weighted by atomic mass is 10.1. The Labute approximate surface area is 167 Å². The summed E-state index contributed by atoms with van der Waals surface area (Å²) in [5.41, 5.74) is 2.81. The van der Waals surface area contributed by atoms with E-state index in [0.717, 1.165) is 25.8 Å². The van der Waals surface area contributed by atoms with Gasteiger partial charge in [0.1, 0.15) is 12.4 Å². The first-order chi connectivity index (χ1) is 12.4. The monoisotopic (exact) mass is 479 g/mol. The molecule has 1 N–H and O–H groups in total. The molecule has 1 heterocycles. The molecule has 0 bridgehead atoms. The quantitative estimate of drug-likeness (QED) is 0.655. The van der Waals surface area contributed by atoms with E-state index in [1.165, 1.54) is 0 Å². The molecule has 1 aliphatic rings. The van der Waals surface area contributed by atoms with Gasteiger partial charge in [0.15, 0.2) is 6.61 Å². The maximum absolute atomic E-state index is 12.2. The van der Waals surface area contributed by atoms with E-state index in [-0.39, 0.29) is 13.2 Å². The number of benzene rings is 2. The van der Waals surface area contributed by atoms with Crippen molar-refractivity contribution in [2.45, 2.75) is 6.92 Å². The van der Waals surface area contributed by atoms with Crippen LogP contribution in [0.15, 0.2) is 50.9 Å². The van der Waals surface area contributed by atoms with Crippen LogP contribution in [0.4, 0.5) is 5.69 Å². The van der Waals surface area contributed by atoms with Crippen LogP contribution in [0, 0.1) is 6.92 Å². The zero-order valence-electron chi connectivity index (χ0n) is 13.8. The number of para-hydroxylation sites is 1. The number of esters is 1. The summed E-state index contributed by atoms with van der Waals surface area (Å²) < 4.78 is 12.1. The van der Waals surface area contributed by atoms with E-state index < -0.39 is 11.9 Å². The number of fused-ring (bicyclic) bond motifs is 1. The Bertz CT molecular complexity index is 885. The molecule has 5 nitrogen and oxygen atoms in total. The van der Waals surface area contributed by atoms with Gasteiger partial charge < -0.3 is 14.8 Å². The first-order valence-corrected chi connectivity index (χ1v) is 9.37. The maximum Gasteiger partial charge on any atom is 0.338 e. The van der Waals surface area contributed by atoms with Crippen LogP contribution in [-0.2, 0) is 14.3 Å². The molecule has 7 heteroatoms. The van der Waals surface area contributed by atoms with E-state index in [1.54, 1.807) is 6.08 Å². The highest BCUT2D eigenvalue weighted by molar-refractivity contribution is 9.11. The van der Waals surface area contributed by atoms with Crippen LogP contribution < -0.4 is 10.1 Å². The minimum Gasteiger partial charge on any atom is -0.488 e. The largest absolute Gasteiger partial charge is 0.488 e. The number of rotatable bonds is 4. The third-order valence-corrected chi connectivity index (χ3v) is 4.93. The highest BCUT2D eigenvalue weighted by atomic mass is 79.9. The van der Waals surface area contributed by atoms with Crippen molar-refractivity contribution >= 4 is 55.5 Å². The summed E-state index contributed by atoms with van der Waals surface area (Å²) in [5.74, 6) is -0.283. The minimum atomic E-state index is -0.573. The number of carbonyl (C=O) groups excluding carboxylic acids is 2. The fourth-order valence-electron chi connectivity index (χ4n) is 2.45. The molecule has 0 aliphatic carbocycles. The normalized spacial score (nSPS) is 12.5. The lowest BCUT2D eigenvalue weighted by Crippen LogP contribution is -2.24. The molecule has 0 aromatic heterocycles. The van der Waals surface area contributed by atoms with Crippen molar-refractivity contribution in [1.29, 1.82) is 0 Å². The Morgan fingerprint density at radius 1 is 1.19 bits per heavy atom. The van der Waals surface area contributed by atoms with Crippen LogP contribution in [0.2, 0.25) is 0 Å². The highest BCUT2D eigenvalue weighted by Crippen LogP contribution is 2.32. The van der Waals surface area contributed by atoms with Crippen LogP contribution in [-0.4, -0.2) is 25.1 Å². The molecular formula is C19H15Br2NO4. The van der Waals surface area contributed by atoms with Gasteiger partial charge in [0.25, 0.3) is 5.91 Å². The van der Waals surface area contributed by atoms with Crippen LogP contribution in [0.25, 0.3) is 6.08 Å². The first-order valence-electron chi connectivity index (χ1n) is 7.79. The second kappa shape index (κ2) is 8.05. The number of amides is 1. The Morgan fingerprint density at radius 3 is 2.62 bits per heavy atom. The summed E-state index contributed by atoms with van der Waals surface area (Å²) in [4.78, 5) is 24.3. The predicted octanol–water partition coefficient (Wildman–Crippen LogP) is 4.48. The molecule has 0 fully saturated rings. The third kappa shape index (κ3) is 4.34. The summed E-state index contributed by atoms with van der Waals surface area (Å²) in [6, 6.07) is 11.2. The molecule has 3 rings (SSSR count). The van der Waals surface area contributed by atoms with Crippen LogP contribution in [0.1, 0.15) is 11.1 Å². The molecule has 0 radical (unpaired) electrons. The molecule has 2 aromatic rings. The van der Waals surface area contributed by atoms with Gasteiger partial charge in [-0.2, -0.15) is 0 Å². The summed E-state index contributed by atoms with van der Waals surface area (Å²) in [7, 11) is 0. The first kappa shape index (κ1) is 18.7. The molecule has 134 valence electrons. The van der Waals surface area contributed by atoms with Gasteiger partial charge >= 0.3 is 5.97 Å². The van der Waals surface area contributed by atoms with Gasteiger partial charge in [0.05, 0.1) is 11.3 Å². The Balaban J connectivity index is 1.60. The molecule has 1 aliphatic heterocycles. The fourth-order valence-corrected chi connectivity index (χ4v) is 4.07. The van der Waals surface area contributed by atoms with Gasteiger partial charge in [-0.25, -0.2) is 4.79 Å². The molecule has 0 atom stereocenters. The topological polar surface area (TPSA) is 64.6 Å². The van der Waals surface area contributed by atoms with Gasteiger partial charge in [0, 0.05) is 14.5 Å². The second-order valence-corrected chi connectivity index (χ2v) is 7.43. The lowest BCUT2D eigenvalue weighted by molar-refractivity contribution is -0.143. The van der Waals surface area contributed by atoms with Crippen LogP contribution in [0.3, 0.4) is 0 Å². The minimum absolute atomic E-state index is 0.118. The zero-order chi connectivity index (χ0) is 18.7. The van der Waals surface area contributed by atoms with Crippen LogP contribution >= 0.6 is 31.9 Å². The number of anilines is 1. The number of aryl methyl sites for hydroxylation is 1. The van der Waals surface area contributed by atoms with Crippen molar-refractivity contribution in [3.8, 4) is 5.75 Å². The summed E-state index contributed by atoms with van der Waals surface area (Å²) in [5, 5.41) is 2.72. The lowest BCUT2D eigenvalue weighted by Gasteiger charge is -2.17. The fraction of sp³-hybridized carbons (Fsp3) is 0.158. The van der Waals surface area contributed by atoms with Gasteiger partial charge in [-0.05, 0) is 68.6 Å². The molecule has 2 aromatic carbocycles. The highest BCUT2D eigenvalue weighted by Gasteiger charge is 2.19. The molecule has 0 saturated carbocycles. The summed E-state index contributed by atoms with van der Waals surface area (Å²) >= 11 is 6.81. The Kier molecular flexibility index (Phi) is 5.78. The Hall–Kier alpha value is -2.12.